The summed E-state index contributed by atoms with van der Waals surface area (Å²) in [5, 5.41) is 13.4. The number of nitrogens with zero attached hydrogens (tertiary/aromatic N) is 5. The molecule has 0 spiro atoms. The van der Waals surface area contributed by atoms with E-state index >= 15 is 0 Å². The maximum absolute atomic E-state index is 13.7. The van der Waals surface area contributed by atoms with E-state index in [0.717, 1.165) is 35.1 Å². The first-order valence-electron chi connectivity index (χ1n) is 12.5. The molecule has 0 aliphatic heterocycles. The first-order valence-corrected chi connectivity index (χ1v) is 12.5. The molecule has 5 aromatic rings. The molecule has 0 amide bonds. The second-order valence-corrected chi connectivity index (χ2v) is 9.19. The van der Waals surface area contributed by atoms with Gasteiger partial charge in [0.1, 0.15) is 23.9 Å². The molecule has 0 radical (unpaired) electrons. The fraction of sp³-hybridized carbons (Fsp3) is 0.286. The van der Waals surface area contributed by atoms with E-state index in [2.05, 4.69) is 32.3 Å². The number of nitrogens with one attached hydrogen (secondary N) is 1. The smallest absolute Gasteiger partial charge is 0.252 e. The van der Waals surface area contributed by atoms with Crippen LogP contribution in [0.25, 0.3) is 10.9 Å². The van der Waals surface area contributed by atoms with Crippen molar-refractivity contribution < 1.29 is 13.5 Å². The van der Waals surface area contributed by atoms with Crippen LogP contribution in [0, 0.1) is 5.82 Å². The number of benzene rings is 2. The topological polar surface area (TPSA) is 102 Å². The minimum Gasteiger partial charge on any atom is -0.497 e. The lowest BCUT2D eigenvalue weighted by Crippen LogP contribution is -2.32. The largest absolute Gasteiger partial charge is 0.497 e. The van der Waals surface area contributed by atoms with Gasteiger partial charge in [0.25, 0.3) is 5.56 Å². The third kappa shape index (κ3) is 5.65. The molecule has 3 heterocycles. The summed E-state index contributed by atoms with van der Waals surface area (Å²) in [4.78, 5) is 18.3. The number of hydrogen-bond donors (Lipinski definition) is 1. The third-order valence-corrected chi connectivity index (χ3v) is 6.55. The van der Waals surface area contributed by atoms with Crippen molar-refractivity contribution in [2.24, 2.45) is 0 Å². The quantitative estimate of drug-likeness (QED) is 0.268. The number of H-pyrrole nitrogens is 1. The lowest BCUT2D eigenvalue weighted by Gasteiger charge is -2.31. The summed E-state index contributed by atoms with van der Waals surface area (Å²) in [5.41, 5.74) is 2.07. The van der Waals surface area contributed by atoms with E-state index in [-0.39, 0.29) is 17.4 Å². The van der Waals surface area contributed by atoms with Crippen molar-refractivity contribution in [2.45, 2.75) is 45.4 Å². The summed E-state index contributed by atoms with van der Waals surface area (Å²) in [5.74, 6) is 1.82. The van der Waals surface area contributed by atoms with Crippen LogP contribution in [0.4, 0.5) is 4.39 Å². The Bertz CT molecular complexity index is 1550. The fourth-order valence-electron chi connectivity index (χ4n) is 4.66. The second-order valence-electron chi connectivity index (χ2n) is 9.19. The highest BCUT2D eigenvalue weighted by Crippen LogP contribution is 2.29. The Morgan fingerprint density at radius 3 is 2.71 bits per heavy atom. The zero-order chi connectivity index (χ0) is 26.5. The molecule has 1 atom stereocenters. The van der Waals surface area contributed by atoms with Crippen LogP contribution < -0.4 is 10.3 Å². The first kappa shape index (κ1) is 25.3. The van der Waals surface area contributed by atoms with Crippen molar-refractivity contribution in [3.63, 3.8) is 0 Å². The van der Waals surface area contributed by atoms with Crippen molar-refractivity contribution in [3.8, 4) is 5.75 Å². The molecule has 9 nitrogen and oxygen atoms in total. The average Bonchev–Trinajstić information content (AvgIpc) is 3.61. The van der Waals surface area contributed by atoms with Gasteiger partial charge < -0.3 is 14.1 Å². The van der Waals surface area contributed by atoms with Crippen molar-refractivity contribution >= 4 is 10.9 Å². The SMILES string of the molecule is CCCC(c1nnnn1Cc1ccco1)N(Cc1ccc(F)cc1)Cc1cc2cc(OC)ccc2[nH]c1=O. The van der Waals surface area contributed by atoms with Crippen LogP contribution in [0.1, 0.15) is 48.5 Å². The predicted molar refractivity (Wildman–Crippen MR) is 140 cm³/mol. The zero-order valence-electron chi connectivity index (χ0n) is 21.3. The minimum absolute atomic E-state index is 0.169. The molecule has 1 unspecified atom stereocenters. The summed E-state index contributed by atoms with van der Waals surface area (Å²) in [6.07, 6.45) is 3.23. The number of aromatic nitrogens is 5. The molecule has 0 aliphatic carbocycles. The number of rotatable bonds is 11. The first-order chi connectivity index (χ1) is 18.5. The Morgan fingerprint density at radius 2 is 1.97 bits per heavy atom. The predicted octanol–water partition coefficient (Wildman–Crippen LogP) is 4.85. The van der Waals surface area contributed by atoms with Crippen LogP contribution in [0.5, 0.6) is 5.75 Å². The number of fused-ring (bicyclic) bond motifs is 1. The number of furan rings is 1. The number of aromatic amines is 1. The van der Waals surface area contributed by atoms with Gasteiger partial charge in [-0.2, -0.15) is 0 Å². The van der Waals surface area contributed by atoms with Gasteiger partial charge in [-0.3, -0.25) is 9.69 Å². The third-order valence-electron chi connectivity index (χ3n) is 6.55. The van der Waals surface area contributed by atoms with Crippen LogP contribution in [0.15, 0.2) is 76.1 Å². The fourth-order valence-corrected chi connectivity index (χ4v) is 4.66. The summed E-state index contributed by atoms with van der Waals surface area (Å²) in [7, 11) is 1.61. The van der Waals surface area contributed by atoms with E-state index in [1.807, 2.05) is 36.4 Å². The van der Waals surface area contributed by atoms with E-state index in [1.54, 1.807) is 30.2 Å². The molecule has 5 rings (SSSR count). The molecule has 10 heteroatoms. The van der Waals surface area contributed by atoms with Crippen LogP contribution in [0.2, 0.25) is 0 Å². The number of ether oxygens (including phenoxy) is 1. The number of halogens is 1. The molecule has 0 saturated carbocycles. The van der Waals surface area contributed by atoms with Crippen LogP contribution >= 0.6 is 0 Å². The van der Waals surface area contributed by atoms with Gasteiger partial charge in [-0.05, 0) is 70.9 Å². The van der Waals surface area contributed by atoms with Crippen molar-refractivity contribution in [2.75, 3.05) is 7.11 Å². The molecule has 0 fully saturated rings. The van der Waals surface area contributed by atoms with Crippen LogP contribution in [-0.2, 0) is 19.6 Å². The van der Waals surface area contributed by atoms with Crippen molar-refractivity contribution in [1.29, 1.82) is 0 Å². The van der Waals surface area contributed by atoms with E-state index in [1.165, 1.54) is 12.1 Å². The molecular weight excluding hydrogens is 487 g/mol. The van der Waals surface area contributed by atoms with E-state index in [0.29, 0.717) is 36.8 Å². The summed E-state index contributed by atoms with van der Waals surface area (Å²) in [6, 6.07) is 17.3. The standard InChI is InChI=1S/C28H29FN6O3/c1-3-5-26(27-31-32-33-35(27)18-24-6-4-13-38-24)34(16-19-7-9-22(29)10-8-19)17-21-14-20-15-23(37-2)11-12-25(20)30-28(21)36/h4,6-15,26H,3,5,16-18H2,1-2H3,(H,30,36). The Labute approximate surface area is 218 Å². The molecule has 0 saturated heterocycles. The lowest BCUT2D eigenvalue weighted by molar-refractivity contribution is 0.155. The molecule has 0 bridgehead atoms. The van der Waals surface area contributed by atoms with Gasteiger partial charge in [-0.25, -0.2) is 9.07 Å². The molecule has 2 aromatic carbocycles. The Kier molecular flexibility index (Phi) is 7.60. The van der Waals surface area contributed by atoms with Gasteiger partial charge in [-0.1, -0.05) is 25.5 Å². The van der Waals surface area contributed by atoms with Gasteiger partial charge in [0.05, 0.1) is 19.4 Å². The van der Waals surface area contributed by atoms with Crippen LogP contribution in [-0.4, -0.2) is 37.2 Å². The second kappa shape index (κ2) is 11.4. The van der Waals surface area contributed by atoms with E-state index in [4.69, 9.17) is 9.15 Å². The highest BCUT2D eigenvalue weighted by Gasteiger charge is 2.27. The van der Waals surface area contributed by atoms with Crippen molar-refractivity contribution in [3.05, 3.63) is 106 Å². The Hall–Kier alpha value is -4.31. The maximum Gasteiger partial charge on any atom is 0.252 e. The normalized spacial score (nSPS) is 12.3. The van der Waals surface area contributed by atoms with E-state index in [9.17, 15) is 9.18 Å². The minimum atomic E-state index is -0.298. The molecule has 38 heavy (non-hydrogen) atoms. The number of pyridine rings is 1. The lowest BCUT2D eigenvalue weighted by atomic mass is 10.1. The van der Waals surface area contributed by atoms with Crippen LogP contribution in [0.3, 0.4) is 0 Å². The molecule has 0 aliphatic rings. The van der Waals surface area contributed by atoms with Crippen molar-refractivity contribution in [1.82, 2.24) is 30.1 Å². The highest BCUT2D eigenvalue weighted by molar-refractivity contribution is 5.80. The zero-order valence-corrected chi connectivity index (χ0v) is 21.3. The van der Waals surface area contributed by atoms with Gasteiger partial charge in [0.2, 0.25) is 0 Å². The summed E-state index contributed by atoms with van der Waals surface area (Å²) in [6.45, 7) is 3.28. The highest BCUT2D eigenvalue weighted by atomic mass is 19.1. The molecule has 196 valence electrons. The van der Waals surface area contributed by atoms with Gasteiger partial charge in [0, 0.05) is 29.6 Å². The molecule has 3 aromatic heterocycles. The summed E-state index contributed by atoms with van der Waals surface area (Å²) >= 11 is 0. The van der Waals surface area contributed by atoms with Gasteiger partial charge in [0.15, 0.2) is 5.82 Å². The molecular formula is C28H29FN6O3. The number of tetrazole rings is 1. The van der Waals surface area contributed by atoms with Gasteiger partial charge in [-0.15, -0.1) is 5.10 Å². The Morgan fingerprint density at radius 1 is 1.13 bits per heavy atom. The average molecular weight is 517 g/mol. The van der Waals surface area contributed by atoms with E-state index < -0.39 is 0 Å². The maximum atomic E-state index is 13.7. The summed E-state index contributed by atoms with van der Waals surface area (Å²) < 4.78 is 26.3. The van der Waals surface area contributed by atoms with Gasteiger partial charge >= 0.3 is 0 Å². The number of methoxy groups -OCH3 is 1. The number of hydrogen-bond acceptors (Lipinski definition) is 7. The Balaban J connectivity index is 1.54. The molecule has 1 N–H and O–H groups in total. The monoisotopic (exact) mass is 516 g/mol.